The van der Waals surface area contributed by atoms with Crippen LogP contribution in [0.4, 0.5) is 8.78 Å². The van der Waals surface area contributed by atoms with Gasteiger partial charge < -0.3 is 4.52 Å². The molecular formula is C19H22F2N4O3S. The van der Waals surface area contributed by atoms with Crippen molar-refractivity contribution < 1.29 is 21.7 Å². The van der Waals surface area contributed by atoms with Gasteiger partial charge in [-0.1, -0.05) is 22.9 Å². The van der Waals surface area contributed by atoms with Crippen LogP contribution in [-0.4, -0.2) is 41.9 Å². The maximum atomic E-state index is 15.2. The average Bonchev–Trinajstić information content (AvgIpc) is 2.90. The molecule has 0 radical (unpaired) electrons. The summed E-state index contributed by atoms with van der Waals surface area (Å²) in [6, 6.07) is 5.77. The van der Waals surface area contributed by atoms with Gasteiger partial charge in [-0.2, -0.15) is 17.7 Å². The van der Waals surface area contributed by atoms with Crippen molar-refractivity contribution in [1.82, 2.24) is 14.4 Å². The van der Waals surface area contributed by atoms with Gasteiger partial charge in [0.05, 0.1) is 11.3 Å². The minimum absolute atomic E-state index is 0.00635. The molecule has 1 aromatic carbocycles. The predicted molar refractivity (Wildman–Crippen MR) is 100 cm³/mol. The van der Waals surface area contributed by atoms with Crippen LogP contribution in [0.2, 0.25) is 0 Å². The molecule has 156 valence electrons. The average molecular weight is 424 g/mol. The van der Waals surface area contributed by atoms with Crippen LogP contribution < -0.4 is 5.14 Å². The van der Waals surface area contributed by atoms with E-state index < -0.39 is 39.3 Å². The number of hydrogen-bond acceptors (Lipinski definition) is 5. The molecule has 3 fully saturated rings. The number of aryl methyl sites for hydroxylation is 2. The second kappa shape index (κ2) is 5.83. The summed E-state index contributed by atoms with van der Waals surface area (Å²) in [5.41, 5.74) is 1.35. The van der Waals surface area contributed by atoms with E-state index >= 15 is 8.78 Å². The van der Waals surface area contributed by atoms with E-state index in [0.717, 1.165) is 21.0 Å². The highest BCUT2D eigenvalue weighted by atomic mass is 32.2. The van der Waals surface area contributed by atoms with Crippen molar-refractivity contribution in [1.29, 1.82) is 0 Å². The molecule has 7 nitrogen and oxygen atoms in total. The molecule has 2 aliphatic carbocycles. The summed E-state index contributed by atoms with van der Waals surface area (Å²) in [6.07, 6.45) is 1.09. The van der Waals surface area contributed by atoms with Crippen molar-refractivity contribution in [2.75, 3.05) is 13.1 Å². The fourth-order valence-electron chi connectivity index (χ4n) is 5.73. The Morgan fingerprint density at radius 1 is 1.21 bits per heavy atom. The molecule has 5 rings (SSSR count). The van der Waals surface area contributed by atoms with E-state index in [1.54, 1.807) is 0 Å². The van der Waals surface area contributed by atoms with Gasteiger partial charge in [-0.05, 0) is 50.2 Å². The molecule has 2 aromatic rings. The van der Waals surface area contributed by atoms with Crippen LogP contribution in [0.25, 0.3) is 11.5 Å². The normalized spacial score (nSPS) is 33.3. The molecule has 3 unspecified atom stereocenters. The molecule has 10 heteroatoms. The largest absolute Gasteiger partial charge is 0.334 e. The Bertz CT molecular complexity index is 1090. The Balaban J connectivity index is 1.50. The highest BCUT2D eigenvalue weighted by molar-refractivity contribution is 7.86. The van der Waals surface area contributed by atoms with Gasteiger partial charge in [0.1, 0.15) is 0 Å². The van der Waals surface area contributed by atoms with Gasteiger partial charge in [-0.15, -0.1) is 0 Å². The van der Waals surface area contributed by atoms with Gasteiger partial charge in [0.2, 0.25) is 0 Å². The fourth-order valence-corrected chi connectivity index (χ4v) is 6.51. The lowest BCUT2D eigenvalue weighted by molar-refractivity contribution is 0.00385. The van der Waals surface area contributed by atoms with E-state index in [-0.39, 0.29) is 24.8 Å². The second-order valence-electron chi connectivity index (χ2n) is 8.60. The van der Waals surface area contributed by atoms with Crippen LogP contribution in [0.15, 0.2) is 22.7 Å². The smallest absolute Gasteiger partial charge is 0.276 e. The third kappa shape index (κ3) is 2.48. The third-order valence-electron chi connectivity index (χ3n) is 7.08. The Morgan fingerprint density at radius 3 is 2.48 bits per heavy atom. The summed E-state index contributed by atoms with van der Waals surface area (Å²) in [6.45, 7) is 3.86. The topological polar surface area (TPSA) is 102 Å². The number of halogens is 2. The van der Waals surface area contributed by atoms with Crippen LogP contribution >= 0.6 is 0 Å². The molecule has 29 heavy (non-hydrogen) atoms. The van der Waals surface area contributed by atoms with E-state index in [4.69, 9.17) is 9.66 Å². The van der Waals surface area contributed by atoms with Gasteiger partial charge in [0.15, 0.2) is 5.82 Å². The van der Waals surface area contributed by atoms with Gasteiger partial charge in [0, 0.05) is 18.7 Å². The summed E-state index contributed by atoms with van der Waals surface area (Å²) in [4.78, 5) is 4.34. The first-order valence-corrected chi connectivity index (χ1v) is 11.1. The van der Waals surface area contributed by atoms with Crippen LogP contribution in [0.5, 0.6) is 0 Å². The lowest BCUT2D eigenvalue weighted by Crippen LogP contribution is -2.50. The van der Waals surface area contributed by atoms with E-state index in [0.29, 0.717) is 12.8 Å². The van der Waals surface area contributed by atoms with Gasteiger partial charge in [-0.3, -0.25) is 0 Å². The van der Waals surface area contributed by atoms with E-state index in [9.17, 15) is 8.42 Å². The molecule has 2 N–H and O–H groups in total. The fraction of sp³-hybridized carbons (Fsp3) is 0.579. The Labute approximate surface area is 167 Å². The Morgan fingerprint density at radius 2 is 1.86 bits per heavy atom. The molecular weight excluding hydrogens is 402 g/mol. The molecule has 0 amide bonds. The first-order valence-electron chi connectivity index (χ1n) is 9.63. The maximum absolute atomic E-state index is 15.2. The first kappa shape index (κ1) is 19.1. The summed E-state index contributed by atoms with van der Waals surface area (Å²) in [5.74, 6) is -4.85. The third-order valence-corrected chi connectivity index (χ3v) is 8.10. The summed E-state index contributed by atoms with van der Waals surface area (Å²) >= 11 is 0. The summed E-state index contributed by atoms with van der Waals surface area (Å²) < 4.78 is 60.4. The number of rotatable bonds is 3. The molecule has 1 aromatic heterocycles. The first-order chi connectivity index (χ1) is 13.6. The number of aromatic nitrogens is 2. The number of hydrogen-bond donors (Lipinski definition) is 1. The Hall–Kier alpha value is -1.91. The van der Waals surface area contributed by atoms with Crippen molar-refractivity contribution >= 4 is 10.2 Å². The molecule has 2 bridgehead atoms. The highest BCUT2D eigenvalue weighted by Crippen LogP contribution is 2.81. The standard InChI is InChI=1S/C19H22F2N4O3S/c1-10-3-4-11(2)14(7-10)17-23-16(24-28-17)15-18(19(15,20)21)12-5-6-13(18)9-25(8-12)29(22,26)27/h3-4,7,12-13,15H,5-6,8-9H2,1-2H3,(H2,22,26,27). The highest BCUT2D eigenvalue weighted by Gasteiger charge is 2.89. The SMILES string of the molecule is Cc1ccc(C)c(-c2nc(C3C(F)(F)C34C3CCC4CN(S(N)(=O)=O)C3)no2)c1. The number of alkyl halides is 2. The molecule has 1 spiro atoms. The number of nitrogens with two attached hydrogens (primary N) is 1. The number of piperidine rings is 1. The molecule has 3 aliphatic rings. The van der Waals surface area contributed by atoms with Crippen LogP contribution in [0, 0.1) is 31.1 Å². The van der Waals surface area contributed by atoms with Crippen molar-refractivity contribution in [2.24, 2.45) is 22.4 Å². The van der Waals surface area contributed by atoms with Crippen molar-refractivity contribution in [3.8, 4) is 11.5 Å². The quantitative estimate of drug-likeness (QED) is 0.816. The summed E-state index contributed by atoms with van der Waals surface area (Å²) in [5, 5.41) is 9.16. The zero-order chi connectivity index (χ0) is 20.8. The number of nitrogens with zero attached hydrogens (tertiary/aromatic N) is 3. The van der Waals surface area contributed by atoms with Crippen LogP contribution in [0.3, 0.4) is 0 Å². The zero-order valence-corrected chi connectivity index (χ0v) is 16.9. The van der Waals surface area contributed by atoms with Gasteiger partial charge in [0.25, 0.3) is 22.0 Å². The van der Waals surface area contributed by atoms with Crippen LogP contribution in [-0.2, 0) is 10.2 Å². The Kier molecular flexibility index (Phi) is 3.83. The van der Waals surface area contributed by atoms with Crippen molar-refractivity contribution in [2.45, 2.75) is 38.5 Å². The monoisotopic (exact) mass is 424 g/mol. The minimum Gasteiger partial charge on any atom is -0.334 e. The van der Waals surface area contributed by atoms with Gasteiger partial charge in [-0.25, -0.2) is 13.9 Å². The van der Waals surface area contributed by atoms with E-state index in [2.05, 4.69) is 10.1 Å². The van der Waals surface area contributed by atoms with Gasteiger partial charge >= 0.3 is 0 Å². The molecule has 2 saturated carbocycles. The number of benzene rings is 1. The van der Waals surface area contributed by atoms with Crippen LogP contribution in [0.1, 0.15) is 35.7 Å². The maximum Gasteiger partial charge on any atom is 0.276 e. The van der Waals surface area contributed by atoms with E-state index in [1.165, 1.54) is 0 Å². The zero-order valence-electron chi connectivity index (χ0n) is 16.1. The van der Waals surface area contributed by atoms with Crippen molar-refractivity contribution in [3.63, 3.8) is 0 Å². The lowest BCUT2D eigenvalue weighted by Gasteiger charge is -2.37. The lowest BCUT2D eigenvalue weighted by atomic mass is 9.80. The molecule has 2 heterocycles. The van der Waals surface area contributed by atoms with E-state index in [1.807, 2.05) is 32.0 Å². The van der Waals surface area contributed by atoms with Crippen molar-refractivity contribution in [3.05, 3.63) is 35.2 Å². The summed E-state index contributed by atoms with van der Waals surface area (Å²) in [7, 11) is -3.90. The molecule has 1 saturated heterocycles. The molecule has 3 atom stereocenters. The second-order valence-corrected chi connectivity index (χ2v) is 10.1. The minimum atomic E-state index is -3.90. The predicted octanol–water partition coefficient (Wildman–Crippen LogP) is 2.62. The molecule has 1 aliphatic heterocycles.